The Morgan fingerprint density at radius 3 is 1.61 bits per heavy atom. The second-order valence-corrected chi connectivity index (χ2v) is 31.1. The third-order valence-electron chi connectivity index (χ3n) is 12.0. The van der Waals surface area contributed by atoms with Crippen molar-refractivity contribution in [2.45, 2.75) is 124 Å². The number of rotatable bonds is 44. The molecule has 0 fully saturated rings. The van der Waals surface area contributed by atoms with Crippen molar-refractivity contribution in [3.63, 3.8) is 0 Å². The fraction of sp³-hybridized carbons (Fsp3) is 0.694. The van der Waals surface area contributed by atoms with E-state index in [1.54, 1.807) is 4.90 Å². The quantitative estimate of drug-likeness (QED) is 0.0312. The molecule has 0 saturated carbocycles. The topological polar surface area (TPSA) is 263 Å². The fourth-order valence-corrected chi connectivity index (χ4v) is 24.2. The fourth-order valence-electron chi connectivity index (χ4n) is 8.16. The van der Waals surface area contributed by atoms with E-state index >= 15 is 0 Å². The van der Waals surface area contributed by atoms with E-state index in [0.29, 0.717) is 82.9 Å². The molecule has 19 nitrogen and oxygen atoms in total. The molecule has 0 aliphatic carbocycles. The van der Waals surface area contributed by atoms with Gasteiger partial charge in [-0.05, 0) is 25.7 Å². The van der Waals surface area contributed by atoms with Crippen molar-refractivity contribution in [2.75, 3.05) is 91.6 Å². The molecule has 0 radical (unpaired) electrons. The first-order valence-corrected chi connectivity index (χ1v) is 32.5. The average molecular weight is 1080 g/mol. The Kier molecular flexibility index (Phi) is 34.7. The Morgan fingerprint density at radius 2 is 1.07 bits per heavy atom. The number of unbranched alkanes of at least 4 members (excludes halogenated alkanes) is 7. The third-order valence-corrected chi connectivity index (χ3v) is 27.7. The van der Waals surface area contributed by atoms with E-state index in [4.69, 9.17) is 0 Å². The number of carboxylic acids is 3. The Bertz CT molecular complexity index is 1700. The van der Waals surface area contributed by atoms with Gasteiger partial charge in [-0.1, -0.05) is 0 Å². The Hall–Kier alpha value is -4.47. The van der Waals surface area contributed by atoms with Crippen LogP contribution >= 0.6 is 0 Å². The normalized spacial score (nSPS) is 11.4. The molecule has 0 saturated heterocycles. The second kappa shape index (κ2) is 38.3. The van der Waals surface area contributed by atoms with Gasteiger partial charge in [0.2, 0.25) is 11.8 Å². The number of aldehydes is 2. The van der Waals surface area contributed by atoms with Crippen LogP contribution in [0.5, 0.6) is 0 Å². The molecule has 0 heterocycles. The van der Waals surface area contributed by atoms with Gasteiger partial charge in [-0.25, -0.2) is 0 Å². The molecule has 6 N–H and O–H groups in total. The molecule has 390 valence electrons. The van der Waals surface area contributed by atoms with Crippen LogP contribution in [-0.4, -0.2) is 199 Å². The first-order valence-electron chi connectivity index (χ1n) is 25.0. The van der Waals surface area contributed by atoms with E-state index in [0.717, 1.165) is 30.4 Å². The van der Waals surface area contributed by atoms with Crippen LogP contribution in [0, 0.1) is 0 Å². The predicted octanol–water partition coefficient (Wildman–Crippen LogP) is 3.21. The molecule has 0 aliphatic heterocycles. The first-order chi connectivity index (χ1) is 33.1. The Morgan fingerprint density at radius 1 is 0.551 bits per heavy atom. The molecule has 4 amide bonds. The van der Waals surface area contributed by atoms with Crippen LogP contribution in [0.1, 0.15) is 121 Å². The molecule has 1 rings (SSSR count). The van der Waals surface area contributed by atoms with Gasteiger partial charge in [0.25, 0.3) is 0 Å². The number of amides is 4. The summed E-state index contributed by atoms with van der Waals surface area (Å²) in [5, 5.41) is 37.3. The number of hydrogen-bond donors (Lipinski definition) is 6. The summed E-state index contributed by atoms with van der Waals surface area (Å²) in [6, 6.07) is 8.21. The van der Waals surface area contributed by atoms with Crippen LogP contribution in [0.15, 0.2) is 24.3 Å². The van der Waals surface area contributed by atoms with Crippen LogP contribution in [0.3, 0.4) is 0 Å². The van der Waals surface area contributed by atoms with Crippen LogP contribution in [-0.2, 0) is 38.4 Å². The summed E-state index contributed by atoms with van der Waals surface area (Å²) in [7, 11) is 0. The van der Waals surface area contributed by atoms with Gasteiger partial charge >= 0.3 is 213 Å². The third kappa shape index (κ3) is 29.3. The zero-order chi connectivity index (χ0) is 51.3. The van der Waals surface area contributed by atoms with Gasteiger partial charge in [0, 0.05) is 52.1 Å². The summed E-state index contributed by atoms with van der Waals surface area (Å²) in [6.07, 6.45) is 12.6. The maximum absolute atomic E-state index is 13.5. The maximum atomic E-state index is 13.5. The molecule has 0 spiro atoms. The molecule has 0 aliphatic rings. The van der Waals surface area contributed by atoms with E-state index in [9.17, 15) is 58.5 Å². The van der Waals surface area contributed by atoms with Crippen LogP contribution in [0.4, 0.5) is 0 Å². The molecule has 0 atom stereocenters. The molecule has 0 aromatic heterocycles. The molecule has 1 aromatic carbocycles. The predicted molar refractivity (Wildman–Crippen MR) is 267 cm³/mol. The van der Waals surface area contributed by atoms with Gasteiger partial charge in [0.15, 0.2) is 0 Å². The van der Waals surface area contributed by atoms with Crippen molar-refractivity contribution in [1.29, 1.82) is 0 Å². The number of hydrogen-bond acceptors (Lipinski definition) is 12. The molecular weight excluding hydrogens is 997 g/mol. The van der Waals surface area contributed by atoms with Crippen LogP contribution in [0.25, 0.3) is 0 Å². The SMILES string of the molecule is CCC[CH2][Sn]([CH2]CCC)([CH2]CCC)[c]1cccc(C(=O)NCCCCN(CC(=O)O)C(=O)CN(CCN(CC=O)CCN(CC(=O)O)CC(=O)NCCCCNC(=O)CCCCC=O)CC(=O)O)c1. The van der Waals surface area contributed by atoms with Crippen molar-refractivity contribution in [3.8, 4) is 0 Å². The summed E-state index contributed by atoms with van der Waals surface area (Å²) in [6.45, 7) is 5.78. The van der Waals surface area contributed by atoms with Crippen molar-refractivity contribution >= 4 is 76.1 Å². The minimum absolute atomic E-state index is 0.000752. The number of carbonyl (C=O) groups excluding carboxylic acids is 6. The van der Waals surface area contributed by atoms with Gasteiger partial charge in [-0.2, -0.15) is 0 Å². The summed E-state index contributed by atoms with van der Waals surface area (Å²) in [5.74, 6) is -4.92. The van der Waals surface area contributed by atoms with Gasteiger partial charge < -0.3 is 35.5 Å². The summed E-state index contributed by atoms with van der Waals surface area (Å²) in [4.78, 5) is 114. The van der Waals surface area contributed by atoms with Gasteiger partial charge in [0.05, 0.1) is 26.2 Å². The molecule has 69 heavy (non-hydrogen) atoms. The van der Waals surface area contributed by atoms with E-state index < -0.39 is 74.3 Å². The van der Waals surface area contributed by atoms with Crippen molar-refractivity contribution < 1.29 is 58.5 Å². The van der Waals surface area contributed by atoms with Crippen molar-refractivity contribution in [2.24, 2.45) is 0 Å². The van der Waals surface area contributed by atoms with Gasteiger partial charge in [-0.3, -0.25) is 38.7 Å². The molecule has 1 aromatic rings. The Labute approximate surface area is 413 Å². The summed E-state index contributed by atoms with van der Waals surface area (Å²) in [5.41, 5.74) is 0.635. The number of nitrogens with zero attached hydrogens (tertiary/aromatic N) is 4. The molecule has 20 heteroatoms. The number of carboxylic acid groups (broad SMARTS) is 3. The monoisotopic (exact) mass is 1080 g/mol. The van der Waals surface area contributed by atoms with Crippen LogP contribution in [0.2, 0.25) is 13.3 Å². The van der Waals surface area contributed by atoms with Gasteiger partial charge in [-0.15, -0.1) is 0 Å². The number of aliphatic carboxylic acids is 3. The Balaban J connectivity index is 2.80. The molecule has 0 bridgehead atoms. The van der Waals surface area contributed by atoms with E-state index in [1.165, 1.54) is 46.0 Å². The summed E-state index contributed by atoms with van der Waals surface area (Å²) < 4.78 is 5.27. The summed E-state index contributed by atoms with van der Waals surface area (Å²) >= 11 is -2.76. The number of nitrogens with one attached hydrogen (secondary N) is 3. The molecule has 0 unspecified atom stereocenters. The van der Waals surface area contributed by atoms with E-state index in [2.05, 4.69) is 48.9 Å². The average Bonchev–Trinajstić information content (AvgIpc) is 3.31. The van der Waals surface area contributed by atoms with Gasteiger partial charge in [0.1, 0.15) is 12.6 Å². The number of benzene rings is 1. The van der Waals surface area contributed by atoms with Crippen LogP contribution < -0.4 is 19.5 Å². The zero-order valence-corrected chi connectivity index (χ0v) is 44.5. The minimum atomic E-state index is -2.76. The standard InChI is InChI=1S/C37H56N7O12.3C4H9.Sn/c45-23-10-2-5-13-31(47)38-14-6-7-15-39-32(48)25-42(27-34(50)51)20-18-41(22-24-46)19-21-43(28-35(52)53)26-33(49)44(29-36(54)55)17-9-8-16-40-37(56)30-11-3-1-4-12-30;3*1-3-4-2;/h1,3,11-12,23-24H,2,5-10,13-22,25-29H2,(H,38,47)(H,39,48)(H,40,56)(H,50,51)(H,52,53)(H,54,55);3*1,3-4H2,2H3;. The second-order valence-electron chi connectivity index (χ2n) is 17.8. The zero-order valence-electron chi connectivity index (χ0n) is 41.7. The van der Waals surface area contributed by atoms with Crippen molar-refractivity contribution in [1.82, 2.24) is 35.6 Å². The molecular formula is C49H83N7O12Sn. The van der Waals surface area contributed by atoms with E-state index in [1.807, 2.05) is 12.1 Å². The van der Waals surface area contributed by atoms with Crippen molar-refractivity contribution in [3.05, 3.63) is 29.8 Å². The van der Waals surface area contributed by atoms with E-state index in [-0.39, 0.29) is 57.6 Å². The first kappa shape index (κ1) is 62.5. The number of carbonyl (C=O) groups is 9.